The van der Waals surface area contributed by atoms with Gasteiger partial charge in [0, 0.05) is 16.5 Å². The molecule has 1 unspecified atom stereocenters. The molecular weight excluding hydrogens is 428 g/mol. The molecule has 9 heteroatoms. The van der Waals surface area contributed by atoms with Crippen LogP contribution in [0.5, 0.6) is 5.75 Å². The third kappa shape index (κ3) is 4.38. The molecule has 2 aromatic rings. The van der Waals surface area contributed by atoms with Crippen molar-refractivity contribution < 1.29 is 19.1 Å². The van der Waals surface area contributed by atoms with E-state index in [1.807, 2.05) is 42.5 Å². The van der Waals surface area contributed by atoms with Crippen molar-refractivity contribution in [2.75, 3.05) is 19.0 Å². The zero-order valence-electron chi connectivity index (χ0n) is 17.5. The highest BCUT2D eigenvalue weighted by Crippen LogP contribution is 2.35. The standard InChI is InChI=1S/C23H22N4O4S/c1-3-13-32-23-25-22(29)20-15-9-5-7-11-17(15)24-21(27(20)26-23)16-10-6-8-12-18(16)31-14-19(28)30-4-2/h3,5-12,21H,1,4,13-14H2,2H3,(H,25,26,29). The minimum absolute atomic E-state index is 0.227. The summed E-state index contributed by atoms with van der Waals surface area (Å²) in [6, 6.07) is 14.7. The summed E-state index contributed by atoms with van der Waals surface area (Å²) >= 11 is 1.37. The van der Waals surface area contributed by atoms with Gasteiger partial charge in [0.15, 0.2) is 17.9 Å². The lowest BCUT2D eigenvalue weighted by Crippen LogP contribution is -2.50. The van der Waals surface area contributed by atoms with Gasteiger partial charge in [-0.3, -0.25) is 15.1 Å². The Balaban J connectivity index is 1.79. The van der Waals surface area contributed by atoms with E-state index < -0.39 is 12.1 Å². The second kappa shape index (κ2) is 9.69. The van der Waals surface area contributed by atoms with Crippen LogP contribution in [-0.4, -0.2) is 41.0 Å². The van der Waals surface area contributed by atoms with Crippen LogP contribution >= 0.6 is 11.8 Å². The predicted molar refractivity (Wildman–Crippen MR) is 122 cm³/mol. The number of para-hydroxylation sites is 2. The molecule has 0 saturated heterocycles. The molecule has 0 aliphatic carbocycles. The van der Waals surface area contributed by atoms with Crippen LogP contribution in [0.25, 0.3) is 5.70 Å². The fraction of sp³-hybridized carbons (Fsp3) is 0.217. The van der Waals surface area contributed by atoms with Crippen LogP contribution in [0.2, 0.25) is 0 Å². The lowest BCUT2D eigenvalue weighted by Gasteiger charge is -2.34. The van der Waals surface area contributed by atoms with Crippen LogP contribution < -0.4 is 20.6 Å². The van der Waals surface area contributed by atoms with Crippen molar-refractivity contribution in [2.24, 2.45) is 10.1 Å². The van der Waals surface area contributed by atoms with Gasteiger partial charge in [0.05, 0.1) is 12.0 Å². The largest absolute Gasteiger partial charge is 0.481 e. The maximum Gasteiger partial charge on any atom is 0.344 e. The van der Waals surface area contributed by atoms with Gasteiger partial charge in [0.25, 0.3) is 5.91 Å². The van der Waals surface area contributed by atoms with Crippen LogP contribution in [0.4, 0.5) is 0 Å². The molecular formula is C23H22N4O4S. The minimum Gasteiger partial charge on any atom is -0.481 e. The number of hydrazone groups is 1. The van der Waals surface area contributed by atoms with E-state index in [0.29, 0.717) is 38.5 Å². The second-order valence-electron chi connectivity index (χ2n) is 6.80. The number of carbonyl (C=O) groups excluding carboxylic acids is 2. The van der Waals surface area contributed by atoms with Crippen LogP contribution in [-0.2, 0) is 14.3 Å². The van der Waals surface area contributed by atoms with Gasteiger partial charge in [0.1, 0.15) is 11.4 Å². The van der Waals surface area contributed by atoms with Gasteiger partial charge in [0.2, 0.25) is 0 Å². The summed E-state index contributed by atoms with van der Waals surface area (Å²) in [5, 5.41) is 11.0. The normalized spacial score (nSPS) is 16.7. The van der Waals surface area contributed by atoms with Crippen LogP contribution in [0, 0.1) is 0 Å². The molecule has 8 nitrogen and oxygen atoms in total. The highest BCUT2D eigenvalue weighted by atomic mass is 32.2. The van der Waals surface area contributed by atoms with Crippen molar-refractivity contribution in [3.63, 3.8) is 0 Å². The van der Waals surface area contributed by atoms with E-state index in [-0.39, 0.29) is 19.1 Å². The Bertz CT molecular complexity index is 1210. The molecule has 32 heavy (non-hydrogen) atoms. The number of carbonyl (C=O) groups is 2. The smallest absolute Gasteiger partial charge is 0.344 e. The Kier molecular flexibility index (Phi) is 6.55. The predicted octanol–water partition coefficient (Wildman–Crippen LogP) is 1.69. The third-order valence-corrected chi connectivity index (χ3v) is 5.56. The van der Waals surface area contributed by atoms with E-state index in [2.05, 4.69) is 17.0 Å². The zero-order chi connectivity index (χ0) is 22.5. The molecule has 2 aromatic carbocycles. The summed E-state index contributed by atoms with van der Waals surface area (Å²) in [6.07, 6.45) is 1.09. The van der Waals surface area contributed by atoms with Gasteiger partial charge in [-0.15, -0.1) is 11.7 Å². The lowest BCUT2D eigenvalue weighted by molar-refractivity contribution is -0.145. The molecule has 0 spiro atoms. The number of nitrogens with zero attached hydrogens (tertiary/aromatic N) is 3. The molecule has 164 valence electrons. The quantitative estimate of drug-likeness (QED) is 0.510. The topological polar surface area (TPSA) is 92.6 Å². The first-order chi connectivity index (χ1) is 15.6. The number of amidine groups is 1. The number of thioether (sulfide) groups is 1. The molecule has 0 saturated carbocycles. The van der Waals surface area contributed by atoms with Gasteiger partial charge < -0.3 is 9.47 Å². The summed E-state index contributed by atoms with van der Waals surface area (Å²) in [7, 11) is 0. The van der Waals surface area contributed by atoms with Gasteiger partial charge in [-0.05, 0) is 19.1 Å². The summed E-state index contributed by atoms with van der Waals surface area (Å²) in [5.41, 5.74) is 1.08. The van der Waals surface area contributed by atoms with E-state index in [4.69, 9.17) is 14.5 Å². The Hall–Kier alpha value is -3.59. The first-order valence-electron chi connectivity index (χ1n) is 10.1. The molecule has 2 aliphatic heterocycles. The third-order valence-electron chi connectivity index (χ3n) is 4.70. The summed E-state index contributed by atoms with van der Waals surface area (Å²) < 4.78 is 10.7. The van der Waals surface area contributed by atoms with Gasteiger partial charge in [-0.2, -0.15) is 0 Å². The van der Waals surface area contributed by atoms with E-state index in [1.165, 1.54) is 11.8 Å². The van der Waals surface area contributed by atoms with Crippen LogP contribution in [0.15, 0.2) is 71.3 Å². The molecule has 2 aliphatic rings. The van der Waals surface area contributed by atoms with Crippen molar-refractivity contribution in [1.29, 1.82) is 0 Å². The minimum atomic E-state index is -0.649. The van der Waals surface area contributed by atoms with Gasteiger partial charge in [-0.1, -0.05) is 54.2 Å². The zero-order valence-corrected chi connectivity index (χ0v) is 18.3. The second-order valence-corrected chi connectivity index (χ2v) is 7.81. The Morgan fingerprint density at radius 1 is 1.25 bits per heavy atom. The molecule has 0 bridgehead atoms. The molecule has 4 rings (SSSR count). The van der Waals surface area contributed by atoms with E-state index in [9.17, 15) is 9.59 Å². The summed E-state index contributed by atoms with van der Waals surface area (Å²) in [6.45, 7) is 5.51. The molecule has 1 N–H and O–H groups in total. The number of ether oxygens (including phenoxy) is 2. The molecule has 1 amide bonds. The number of hydrogen-bond acceptors (Lipinski definition) is 8. The Morgan fingerprint density at radius 3 is 2.84 bits per heavy atom. The molecule has 2 heterocycles. The van der Waals surface area contributed by atoms with Crippen molar-refractivity contribution in [1.82, 2.24) is 10.3 Å². The average Bonchev–Trinajstić information content (AvgIpc) is 2.81. The summed E-state index contributed by atoms with van der Waals surface area (Å²) in [4.78, 5) is 29.7. The van der Waals surface area contributed by atoms with E-state index in [1.54, 1.807) is 24.1 Å². The maximum absolute atomic E-state index is 13.1. The van der Waals surface area contributed by atoms with Gasteiger partial charge in [-0.25, -0.2) is 9.80 Å². The fourth-order valence-electron chi connectivity index (χ4n) is 3.40. The number of fused-ring (bicyclic) bond motifs is 2. The van der Waals surface area contributed by atoms with Crippen molar-refractivity contribution in [2.45, 2.75) is 13.1 Å². The highest BCUT2D eigenvalue weighted by molar-refractivity contribution is 8.14. The van der Waals surface area contributed by atoms with E-state index >= 15 is 0 Å². The van der Waals surface area contributed by atoms with Crippen LogP contribution in [0.3, 0.4) is 0 Å². The number of rotatable bonds is 7. The fourth-order valence-corrected chi connectivity index (χ4v) is 3.98. The molecule has 0 aromatic heterocycles. The molecule has 0 radical (unpaired) electrons. The van der Waals surface area contributed by atoms with E-state index in [0.717, 1.165) is 0 Å². The van der Waals surface area contributed by atoms with Crippen LogP contribution in [0.1, 0.15) is 18.7 Å². The number of benzene rings is 2. The molecule has 0 fully saturated rings. The van der Waals surface area contributed by atoms with Gasteiger partial charge >= 0.3 is 5.97 Å². The maximum atomic E-state index is 13.1. The van der Waals surface area contributed by atoms with Crippen molar-refractivity contribution in [3.8, 4) is 5.75 Å². The summed E-state index contributed by atoms with van der Waals surface area (Å²) in [5.74, 6) is 0.345. The number of amides is 1. The average molecular weight is 451 g/mol. The van der Waals surface area contributed by atoms with Crippen molar-refractivity contribution in [3.05, 3.63) is 77.3 Å². The number of hydrogen-bond donors (Lipinski definition) is 1. The first-order valence-corrected chi connectivity index (χ1v) is 11.1. The Labute approximate surface area is 189 Å². The lowest BCUT2D eigenvalue weighted by atomic mass is 10.1. The highest BCUT2D eigenvalue weighted by Gasteiger charge is 2.35. The monoisotopic (exact) mass is 450 g/mol. The number of nitrogens with one attached hydrogen (secondary N) is 1. The Morgan fingerprint density at radius 2 is 2.03 bits per heavy atom. The number of esters is 1. The molecule has 1 atom stereocenters. The SMILES string of the molecule is C=CCSC1=NN2C(=c3ccccc3=NC2c2ccccc2OCC(=O)OCC)C(=O)N1. The first kappa shape index (κ1) is 21.6. The van der Waals surface area contributed by atoms with Crippen molar-refractivity contribution >= 4 is 34.5 Å².